The Bertz CT molecular complexity index is 1810. The molecule has 0 fully saturated rings. The molecule has 0 unspecified atom stereocenters. The van der Waals surface area contributed by atoms with Gasteiger partial charge in [0, 0.05) is 29.1 Å². The summed E-state index contributed by atoms with van der Waals surface area (Å²) in [6.45, 7) is 13.4. The normalized spacial score (nSPS) is 11.2. The largest absolute Gasteiger partial charge is 0.492 e. The molecular weight excluding hydrogens is 721 g/mol. The molecule has 0 aliphatic heterocycles. The third-order valence-corrected chi connectivity index (χ3v) is 9.07. The van der Waals surface area contributed by atoms with E-state index in [-0.39, 0.29) is 65.3 Å². The molecule has 3 aromatic rings. The first-order valence-electron chi connectivity index (χ1n) is 17.5. The highest BCUT2D eigenvalue weighted by atomic mass is 32.2. The van der Waals surface area contributed by atoms with Crippen LogP contribution in [0, 0.1) is 0 Å². The fraction of sp³-hybridized carbons (Fsp3) is 0.378. The number of carbonyl (C=O) groups excluding carboxylic acids is 2. The molecule has 0 bridgehead atoms. The lowest BCUT2D eigenvalue weighted by Crippen LogP contribution is -2.24. The van der Waals surface area contributed by atoms with Gasteiger partial charge in [-0.3, -0.25) is 24.6 Å². The molecule has 3 rings (SSSR count). The van der Waals surface area contributed by atoms with Crippen molar-refractivity contribution in [3.63, 3.8) is 0 Å². The van der Waals surface area contributed by atoms with Crippen molar-refractivity contribution in [1.82, 2.24) is 0 Å². The minimum absolute atomic E-state index is 0.0221. The highest BCUT2D eigenvalue weighted by Gasteiger charge is 2.23. The van der Waals surface area contributed by atoms with Crippen molar-refractivity contribution < 1.29 is 14.3 Å². The second-order valence-corrected chi connectivity index (χ2v) is 15.7. The summed E-state index contributed by atoms with van der Waals surface area (Å²) in [6, 6.07) is 12.0. The van der Waals surface area contributed by atoms with E-state index in [0.717, 1.165) is 11.1 Å². The first kappa shape index (κ1) is 43.4. The average Bonchev–Trinajstić information content (AvgIpc) is 3.07. The Hall–Kier alpha value is -6.04. The minimum atomic E-state index is -0.531. The van der Waals surface area contributed by atoms with Crippen molar-refractivity contribution in [3.05, 3.63) is 64.7 Å². The number of guanidine groups is 3. The van der Waals surface area contributed by atoms with Gasteiger partial charge < -0.3 is 66.6 Å². The Morgan fingerprint density at radius 2 is 1.15 bits per heavy atom. The maximum Gasteiger partial charge on any atom is 0.255 e. The van der Waals surface area contributed by atoms with E-state index in [1.165, 1.54) is 30.0 Å². The van der Waals surface area contributed by atoms with Crippen molar-refractivity contribution in [1.29, 1.82) is 0 Å². The van der Waals surface area contributed by atoms with Crippen LogP contribution in [0.3, 0.4) is 0 Å². The number of anilines is 5. The highest BCUT2D eigenvalue weighted by Crippen LogP contribution is 2.39. The van der Waals surface area contributed by atoms with Gasteiger partial charge in [0.15, 0.2) is 17.9 Å². The standard InChI is InChI=1S/C37H56N14O3S/c1-36(2,3)22-16-25(38)29(46-7-8-47-33(40)41)27(18-22)50-31(52)20-13-21(15-24(14-20)54-11-9-48-34(42)43)32(53)51-28-19-23(37(4,5)6)17-26(39)30(28)55-12-10-49-35(44)45/h13-19,46H,7-12,38-39H2,1-6H3,(H,50,52)(H,51,53)(H4,40,41,47)(H4,42,43,48)(H4,44,45,49). The molecule has 0 aromatic heterocycles. The number of nitrogens with two attached hydrogens (primary N) is 8. The Kier molecular flexibility index (Phi) is 14.8. The maximum absolute atomic E-state index is 14.1. The van der Waals surface area contributed by atoms with Crippen LogP contribution < -0.4 is 66.6 Å². The number of nitrogens with zero attached hydrogens (tertiary/aromatic N) is 3. The van der Waals surface area contributed by atoms with Gasteiger partial charge in [-0.15, -0.1) is 11.8 Å². The molecule has 2 amide bonds. The van der Waals surface area contributed by atoms with Crippen LogP contribution in [0.5, 0.6) is 5.75 Å². The summed E-state index contributed by atoms with van der Waals surface area (Å²) in [5, 5.41) is 9.21. The van der Waals surface area contributed by atoms with Crippen molar-refractivity contribution in [2.24, 2.45) is 49.4 Å². The monoisotopic (exact) mass is 776 g/mol. The van der Waals surface area contributed by atoms with E-state index in [1.54, 1.807) is 0 Å². The maximum atomic E-state index is 14.1. The summed E-state index contributed by atoms with van der Waals surface area (Å²) >= 11 is 1.40. The van der Waals surface area contributed by atoms with Gasteiger partial charge in [0.05, 0.1) is 47.3 Å². The second kappa shape index (κ2) is 18.8. The van der Waals surface area contributed by atoms with Crippen molar-refractivity contribution >= 4 is 69.9 Å². The van der Waals surface area contributed by atoms with Crippen LogP contribution in [0.4, 0.5) is 28.4 Å². The number of amides is 2. The van der Waals surface area contributed by atoms with Gasteiger partial charge >= 0.3 is 0 Å². The number of benzene rings is 3. The topological polar surface area (TPSA) is 325 Å². The summed E-state index contributed by atoms with van der Waals surface area (Å²) in [5.41, 5.74) is 49.7. The molecule has 0 aliphatic carbocycles. The molecule has 0 heterocycles. The average molecular weight is 777 g/mol. The molecule has 0 aliphatic rings. The fourth-order valence-corrected chi connectivity index (χ4v) is 5.97. The number of hydrogen-bond donors (Lipinski definition) is 11. The third-order valence-electron chi connectivity index (χ3n) is 7.94. The molecule has 0 saturated carbocycles. The molecule has 0 radical (unpaired) electrons. The number of thioether (sulfide) groups is 1. The number of carbonyl (C=O) groups is 2. The Morgan fingerprint density at radius 3 is 1.69 bits per heavy atom. The number of rotatable bonds is 16. The molecule has 19 N–H and O–H groups in total. The van der Waals surface area contributed by atoms with E-state index >= 15 is 0 Å². The first-order chi connectivity index (χ1) is 25.6. The number of nitrogens with one attached hydrogen (secondary N) is 3. The predicted octanol–water partition coefficient (Wildman–Crippen LogP) is 2.65. The Labute approximate surface area is 326 Å². The van der Waals surface area contributed by atoms with Crippen molar-refractivity contribution in [3.8, 4) is 5.75 Å². The van der Waals surface area contributed by atoms with Gasteiger partial charge in [0.1, 0.15) is 12.4 Å². The number of hydrogen-bond acceptors (Lipinski definition) is 10. The molecule has 3 aromatic carbocycles. The smallest absolute Gasteiger partial charge is 0.255 e. The molecule has 18 heteroatoms. The van der Waals surface area contributed by atoms with Crippen LogP contribution in [0.15, 0.2) is 62.3 Å². The van der Waals surface area contributed by atoms with Crippen LogP contribution in [0.25, 0.3) is 0 Å². The van der Waals surface area contributed by atoms with E-state index in [0.29, 0.717) is 52.2 Å². The van der Waals surface area contributed by atoms with Crippen molar-refractivity contribution in [2.45, 2.75) is 57.3 Å². The summed E-state index contributed by atoms with van der Waals surface area (Å²) in [6.07, 6.45) is 0. The third kappa shape index (κ3) is 13.4. The fourth-order valence-electron chi connectivity index (χ4n) is 5.09. The minimum Gasteiger partial charge on any atom is -0.492 e. The van der Waals surface area contributed by atoms with E-state index in [2.05, 4.69) is 30.9 Å². The lowest BCUT2D eigenvalue weighted by molar-refractivity contribution is 0.102. The van der Waals surface area contributed by atoms with Crippen LogP contribution in [0.1, 0.15) is 73.4 Å². The Morgan fingerprint density at radius 1 is 0.655 bits per heavy atom. The molecule has 0 atom stereocenters. The summed E-state index contributed by atoms with van der Waals surface area (Å²) in [5.74, 6) is -0.481. The molecular formula is C37H56N14O3S. The van der Waals surface area contributed by atoms with Crippen LogP contribution >= 0.6 is 11.8 Å². The van der Waals surface area contributed by atoms with Crippen LogP contribution in [-0.2, 0) is 10.8 Å². The van der Waals surface area contributed by atoms with Gasteiger partial charge in [0.2, 0.25) is 0 Å². The summed E-state index contributed by atoms with van der Waals surface area (Å²) < 4.78 is 5.92. The second-order valence-electron chi connectivity index (χ2n) is 14.6. The van der Waals surface area contributed by atoms with Gasteiger partial charge in [-0.25, -0.2) is 0 Å². The van der Waals surface area contributed by atoms with E-state index in [9.17, 15) is 9.59 Å². The van der Waals surface area contributed by atoms with Crippen molar-refractivity contribution in [2.75, 3.05) is 66.0 Å². The SMILES string of the molecule is CC(C)(C)c1cc(N)c(NCCN=C(N)N)c(NC(=O)c2cc(OCCN=C(N)N)cc(C(=O)Nc3cc(C(C)(C)C)cc(N)c3SCCN=C(N)N)c2)c1. The number of ether oxygens (including phenoxy) is 1. The molecule has 55 heavy (non-hydrogen) atoms. The van der Waals surface area contributed by atoms with Gasteiger partial charge in [-0.2, -0.15) is 0 Å². The van der Waals surface area contributed by atoms with Gasteiger partial charge in [0.25, 0.3) is 11.8 Å². The van der Waals surface area contributed by atoms with Gasteiger partial charge in [-0.1, -0.05) is 41.5 Å². The molecule has 0 spiro atoms. The summed E-state index contributed by atoms with van der Waals surface area (Å²) in [7, 11) is 0. The number of nitrogen functional groups attached to an aromatic ring is 2. The number of aliphatic imine (C=N–C) groups is 3. The molecule has 0 saturated heterocycles. The highest BCUT2D eigenvalue weighted by molar-refractivity contribution is 7.99. The first-order valence-corrected chi connectivity index (χ1v) is 18.5. The summed E-state index contributed by atoms with van der Waals surface area (Å²) in [4.78, 5) is 40.8. The zero-order valence-electron chi connectivity index (χ0n) is 32.4. The lowest BCUT2D eigenvalue weighted by Gasteiger charge is -2.24. The molecule has 17 nitrogen and oxygen atoms in total. The van der Waals surface area contributed by atoms with Crippen LogP contribution in [-0.4, -0.2) is 68.2 Å². The molecule has 298 valence electrons. The zero-order valence-corrected chi connectivity index (χ0v) is 33.2. The quantitative estimate of drug-likeness (QED) is 0.0328. The van der Waals surface area contributed by atoms with E-state index < -0.39 is 11.8 Å². The Balaban J connectivity index is 2.08. The predicted molar refractivity (Wildman–Crippen MR) is 228 cm³/mol. The van der Waals surface area contributed by atoms with Gasteiger partial charge in [-0.05, 0) is 64.4 Å². The van der Waals surface area contributed by atoms with E-state index in [1.807, 2.05) is 65.8 Å². The lowest BCUT2D eigenvalue weighted by atomic mass is 9.86. The van der Waals surface area contributed by atoms with E-state index in [4.69, 9.17) is 50.6 Å². The van der Waals surface area contributed by atoms with Crippen LogP contribution in [0.2, 0.25) is 0 Å². The zero-order chi connectivity index (χ0) is 41.1.